The Hall–Kier alpha value is -1.63. The number of hydrogen-bond donors (Lipinski definition) is 2. The molecule has 0 aromatic rings. The summed E-state index contributed by atoms with van der Waals surface area (Å²) in [5.74, 6) is -1.78. The molecular weight excluding hydrogens is 264 g/mol. The van der Waals surface area contributed by atoms with Crippen molar-refractivity contribution in [3.63, 3.8) is 0 Å². The fraction of sp³-hybridized carbons (Fsp3) is 0.769. The molecule has 2 amide bonds. The van der Waals surface area contributed by atoms with Crippen molar-refractivity contribution >= 4 is 17.8 Å². The molecule has 2 aliphatic rings. The second-order valence-electron chi connectivity index (χ2n) is 5.54. The zero-order valence-corrected chi connectivity index (χ0v) is 11.5. The van der Waals surface area contributed by atoms with Crippen LogP contribution < -0.4 is 0 Å². The number of nitrogens with zero attached hydrogens (tertiary/aromatic N) is 2. The second kappa shape index (κ2) is 5.78. The van der Waals surface area contributed by atoms with Crippen LogP contribution in [0.3, 0.4) is 0 Å². The normalized spacial score (nSPS) is 30.4. The van der Waals surface area contributed by atoms with E-state index in [1.807, 2.05) is 0 Å². The molecule has 20 heavy (non-hydrogen) atoms. The number of carbonyl (C=O) groups is 3. The number of β-amino-alcohol motifs (C(OH)–C–C–N with tert-alkyl or cyclic N) is 1. The molecule has 0 aromatic heterocycles. The van der Waals surface area contributed by atoms with Gasteiger partial charge in [-0.25, -0.2) is 4.79 Å². The molecule has 2 rings (SSSR count). The highest BCUT2D eigenvalue weighted by Crippen LogP contribution is 2.25. The van der Waals surface area contributed by atoms with Crippen molar-refractivity contribution < 1.29 is 24.6 Å². The average molecular weight is 284 g/mol. The van der Waals surface area contributed by atoms with Gasteiger partial charge in [-0.3, -0.25) is 9.59 Å². The summed E-state index contributed by atoms with van der Waals surface area (Å²) in [5, 5.41) is 18.7. The number of likely N-dealkylation sites (tertiary alicyclic amines) is 2. The Bertz CT molecular complexity index is 425. The van der Waals surface area contributed by atoms with Gasteiger partial charge in [0.15, 0.2) is 0 Å². The summed E-state index contributed by atoms with van der Waals surface area (Å²) < 4.78 is 0. The maximum absolute atomic E-state index is 12.4. The molecular formula is C13H20N2O5. The van der Waals surface area contributed by atoms with Crippen LogP contribution in [0.2, 0.25) is 0 Å². The average Bonchev–Trinajstić information content (AvgIpc) is 2.80. The van der Waals surface area contributed by atoms with Gasteiger partial charge in [-0.1, -0.05) is 0 Å². The van der Waals surface area contributed by atoms with Gasteiger partial charge in [0.2, 0.25) is 11.8 Å². The van der Waals surface area contributed by atoms with Crippen LogP contribution in [0.25, 0.3) is 0 Å². The van der Waals surface area contributed by atoms with Crippen molar-refractivity contribution in [1.82, 2.24) is 9.80 Å². The minimum Gasteiger partial charge on any atom is -0.480 e. The molecule has 2 aliphatic heterocycles. The van der Waals surface area contributed by atoms with E-state index in [-0.39, 0.29) is 30.7 Å². The van der Waals surface area contributed by atoms with E-state index in [0.29, 0.717) is 19.5 Å². The van der Waals surface area contributed by atoms with Gasteiger partial charge in [0, 0.05) is 33.0 Å². The number of aliphatic hydroxyl groups excluding tert-OH is 1. The van der Waals surface area contributed by atoms with Crippen molar-refractivity contribution in [3.8, 4) is 0 Å². The van der Waals surface area contributed by atoms with E-state index in [1.54, 1.807) is 4.90 Å². The molecule has 2 fully saturated rings. The lowest BCUT2D eigenvalue weighted by Gasteiger charge is -2.34. The molecule has 7 nitrogen and oxygen atoms in total. The van der Waals surface area contributed by atoms with Crippen molar-refractivity contribution in [1.29, 1.82) is 0 Å². The second-order valence-corrected chi connectivity index (χ2v) is 5.54. The number of amides is 2. The summed E-state index contributed by atoms with van der Waals surface area (Å²) >= 11 is 0. The van der Waals surface area contributed by atoms with Crippen molar-refractivity contribution in [2.75, 3.05) is 19.6 Å². The minimum atomic E-state index is -1.09. The highest BCUT2D eigenvalue weighted by atomic mass is 16.4. The van der Waals surface area contributed by atoms with Gasteiger partial charge in [0.25, 0.3) is 0 Å². The fourth-order valence-electron chi connectivity index (χ4n) is 2.99. The summed E-state index contributed by atoms with van der Waals surface area (Å²) in [6, 6.07) is -0.954. The third kappa shape index (κ3) is 2.92. The topological polar surface area (TPSA) is 98.2 Å². The lowest BCUT2D eigenvalue weighted by atomic mass is 9.96. The highest BCUT2D eigenvalue weighted by Gasteiger charge is 2.42. The molecule has 0 radical (unpaired) electrons. The van der Waals surface area contributed by atoms with Crippen LogP contribution in [0.4, 0.5) is 0 Å². The number of aliphatic hydroxyl groups is 1. The first-order valence-corrected chi connectivity index (χ1v) is 6.87. The summed E-state index contributed by atoms with van der Waals surface area (Å²) in [5.41, 5.74) is 0. The molecule has 112 valence electrons. The summed E-state index contributed by atoms with van der Waals surface area (Å²) in [6.07, 6.45) is 0.683. The summed E-state index contributed by atoms with van der Waals surface area (Å²) in [6.45, 7) is 2.51. The lowest BCUT2D eigenvalue weighted by Crippen LogP contribution is -2.49. The van der Waals surface area contributed by atoms with Gasteiger partial charge in [-0.05, 0) is 12.8 Å². The molecule has 0 saturated carbocycles. The van der Waals surface area contributed by atoms with Crippen LogP contribution >= 0.6 is 0 Å². The summed E-state index contributed by atoms with van der Waals surface area (Å²) in [7, 11) is 0. The highest BCUT2D eigenvalue weighted by molar-refractivity contribution is 5.86. The smallest absolute Gasteiger partial charge is 0.326 e. The predicted molar refractivity (Wildman–Crippen MR) is 68.7 cm³/mol. The Kier molecular flexibility index (Phi) is 4.27. The van der Waals surface area contributed by atoms with Gasteiger partial charge in [-0.2, -0.15) is 0 Å². The van der Waals surface area contributed by atoms with Crippen LogP contribution in [0.15, 0.2) is 0 Å². The molecule has 0 aliphatic carbocycles. The molecule has 2 N–H and O–H groups in total. The van der Waals surface area contributed by atoms with Crippen LogP contribution in [0.5, 0.6) is 0 Å². The molecule has 0 spiro atoms. The van der Waals surface area contributed by atoms with Gasteiger partial charge >= 0.3 is 5.97 Å². The van der Waals surface area contributed by atoms with Gasteiger partial charge < -0.3 is 20.0 Å². The van der Waals surface area contributed by atoms with Crippen molar-refractivity contribution in [3.05, 3.63) is 0 Å². The Labute approximate surface area is 117 Å². The van der Waals surface area contributed by atoms with Crippen LogP contribution in [0, 0.1) is 5.92 Å². The summed E-state index contributed by atoms with van der Waals surface area (Å²) in [4.78, 5) is 37.8. The fourth-order valence-corrected chi connectivity index (χ4v) is 2.99. The number of aliphatic carboxylic acids is 1. The molecule has 1 unspecified atom stereocenters. The maximum Gasteiger partial charge on any atom is 0.326 e. The third-order valence-corrected chi connectivity index (χ3v) is 4.06. The predicted octanol–water partition coefficient (Wildman–Crippen LogP) is -0.709. The van der Waals surface area contributed by atoms with E-state index >= 15 is 0 Å². The number of piperidine rings is 1. The molecule has 7 heteroatoms. The number of carbonyl (C=O) groups excluding carboxylic acids is 2. The first-order valence-electron chi connectivity index (χ1n) is 6.87. The molecule has 0 aromatic carbocycles. The SMILES string of the molecule is CC(=O)N1CCCC(C(=O)N2C[C@H](O)C[C@@H]2C(=O)O)C1. The largest absolute Gasteiger partial charge is 0.480 e. The van der Waals surface area contributed by atoms with E-state index in [2.05, 4.69) is 0 Å². The molecule has 0 bridgehead atoms. The number of rotatable bonds is 2. The number of carboxylic acids is 1. The van der Waals surface area contributed by atoms with Gasteiger partial charge in [-0.15, -0.1) is 0 Å². The van der Waals surface area contributed by atoms with Crippen molar-refractivity contribution in [2.24, 2.45) is 5.92 Å². The molecule has 3 atom stereocenters. The standard InChI is InChI=1S/C13H20N2O5/c1-8(16)14-4-2-3-9(6-14)12(18)15-7-10(17)5-11(15)13(19)20/h9-11,17H,2-7H2,1H3,(H,19,20)/t9?,10-,11-/m1/s1. The van der Waals surface area contributed by atoms with Crippen LogP contribution in [0.1, 0.15) is 26.2 Å². The first-order chi connectivity index (χ1) is 9.40. The van der Waals surface area contributed by atoms with Crippen molar-refractivity contribution in [2.45, 2.75) is 38.3 Å². The quantitative estimate of drug-likeness (QED) is 0.698. The Morgan fingerprint density at radius 3 is 2.50 bits per heavy atom. The number of hydrogen-bond acceptors (Lipinski definition) is 4. The zero-order valence-electron chi connectivity index (χ0n) is 11.5. The Morgan fingerprint density at radius 2 is 1.90 bits per heavy atom. The third-order valence-electron chi connectivity index (χ3n) is 4.06. The molecule has 2 heterocycles. The lowest BCUT2D eigenvalue weighted by molar-refractivity contribution is -0.151. The monoisotopic (exact) mass is 284 g/mol. The minimum absolute atomic E-state index is 0.0619. The van der Waals surface area contributed by atoms with Crippen LogP contribution in [-0.4, -0.2) is 69.6 Å². The van der Waals surface area contributed by atoms with Crippen LogP contribution in [-0.2, 0) is 14.4 Å². The van der Waals surface area contributed by atoms with E-state index in [9.17, 15) is 19.5 Å². The van der Waals surface area contributed by atoms with E-state index in [0.717, 1.165) is 6.42 Å². The van der Waals surface area contributed by atoms with E-state index in [4.69, 9.17) is 5.11 Å². The first kappa shape index (κ1) is 14.8. The Morgan fingerprint density at radius 1 is 1.20 bits per heavy atom. The van der Waals surface area contributed by atoms with E-state index in [1.165, 1.54) is 11.8 Å². The van der Waals surface area contributed by atoms with Gasteiger partial charge in [0.1, 0.15) is 6.04 Å². The Balaban J connectivity index is 2.06. The maximum atomic E-state index is 12.4. The van der Waals surface area contributed by atoms with Gasteiger partial charge in [0.05, 0.1) is 12.0 Å². The number of carboxylic acid groups (broad SMARTS) is 1. The van der Waals surface area contributed by atoms with E-state index < -0.39 is 18.1 Å². The molecule has 2 saturated heterocycles. The zero-order chi connectivity index (χ0) is 14.9.